The Morgan fingerprint density at radius 1 is 0.727 bits per heavy atom. The van der Waals surface area contributed by atoms with Crippen molar-refractivity contribution in [3.63, 3.8) is 0 Å². The van der Waals surface area contributed by atoms with Gasteiger partial charge in [0, 0.05) is 23.3 Å². The third kappa shape index (κ3) is 6.13. The fraction of sp³-hybridized carbons (Fsp3) is 0.259. The maximum Gasteiger partial charge on any atom is 0.255 e. The predicted molar refractivity (Wildman–Crippen MR) is 132 cm³/mol. The second-order valence-electron chi connectivity index (χ2n) is 7.76. The molecule has 0 saturated heterocycles. The van der Waals surface area contributed by atoms with E-state index < -0.39 is 0 Å². The fourth-order valence-corrected chi connectivity index (χ4v) is 3.30. The lowest BCUT2D eigenvalue weighted by Crippen LogP contribution is -2.15. The number of hydrogen-bond acceptors (Lipinski definition) is 4. The summed E-state index contributed by atoms with van der Waals surface area (Å²) in [6.07, 6.45) is 0. The normalized spacial score (nSPS) is 10.6. The zero-order valence-corrected chi connectivity index (χ0v) is 19.5. The van der Waals surface area contributed by atoms with Crippen molar-refractivity contribution in [1.82, 2.24) is 0 Å². The molecule has 0 heterocycles. The van der Waals surface area contributed by atoms with Crippen molar-refractivity contribution in [3.8, 4) is 11.5 Å². The van der Waals surface area contributed by atoms with Gasteiger partial charge in [-0.15, -0.1) is 0 Å². The Kier molecular flexibility index (Phi) is 8.08. The van der Waals surface area contributed by atoms with Crippen molar-refractivity contribution in [1.29, 1.82) is 0 Å². The van der Waals surface area contributed by atoms with Crippen LogP contribution in [-0.4, -0.2) is 25.0 Å². The SMILES string of the molecule is CCOc1cc(NC(=O)c2ccc(C(C)C)cc2)c(OCC)cc1NC(=O)c1ccccc1. The first-order valence-corrected chi connectivity index (χ1v) is 11.1. The molecule has 6 heteroatoms. The first-order chi connectivity index (χ1) is 15.9. The lowest BCUT2D eigenvalue weighted by molar-refractivity contribution is 0.101. The molecule has 3 aromatic rings. The maximum absolute atomic E-state index is 12.9. The van der Waals surface area contributed by atoms with E-state index in [4.69, 9.17) is 9.47 Å². The standard InChI is InChI=1S/C27H30N2O4/c1-5-32-24-17-23(29-27(31)21-14-12-19(13-15-21)18(3)4)25(33-6-2)16-22(24)28-26(30)20-10-8-7-9-11-20/h7-18H,5-6H2,1-4H3,(H,28,30)(H,29,31). The van der Waals surface area contributed by atoms with Gasteiger partial charge in [-0.2, -0.15) is 0 Å². The second kappa shape index (κ2) is 11.2. The molecule has 3 aromatic carbocycles. The van der Waals surface area contributed by atoms with Crippen LogP contribution in [0, 0.1) is 0 Å². The first kappa shape index (κ1) is 23.9. The Morgan fingerprint density at radius 2 is 1.18 bits per heavy atom. The summed E-state index contributed by atoms with van der Waals surface area (Å²) in [7, 11) is 0. The number of benzene rings is 3. The maximum atomic E-state index is 12.9. The Hall–Kier alpha value is -3.80. The largest absolute Gasteiger partial charge is 0.492 e. The Morgan fingerprint density at radius 3 is 1.61 bits per heavy atom. The molecule has 0 radical (unpaired) electrons. The van der Waals surface area contributed by atoms with Gasteiger partial charge >= 0.3 is 0 Å². The molecule has 0 atom stereocenters. The molecule has 6 nitrogen and oxygen atoms in total. The van der Waals surface area contributed by atoms with Gasteiger partial charge in [0.15, 0.2) is 0 Å². The summed E-state index contributed by atoms with van der Waals surface area (Å²) in [5.41, 5.74) is 3.17. The van der Waals surface area contributed by atoms with Crippen molar-refractivity contribution in [3.05, 3.63) is 83.4 Å². The van der Waals surface area contributed by atoms with Crippen LogP contribution in [0.2, 0.25) is 0 Å². The summed E-state index contributed by atoms with van der Waals surface area (Å²) in [5, 5.41) is 5.80. The minimum atomic E-state index is -0.263. The number of hydrogen-bond donors (Lipinski definition) is 2. The number of carbonyl (C=O) groups excluding carboxylic acids is 2. The molecule has 33 heavy (non-hydrogen) atoms. The zero-order valence-electron chi connectivity index (χ0n) is 19.5. The topological polar surface area (TPSA) is 76.7 Å². The third-order valence-electron chi connectivity index (χ3n) is 5.05. The highest BCUT2D eigenvalue weighted by Crippen LogP contribution is 2.37. The lowest BCUT2D eigenvalue weighted by atomic mass is 10.0. The molecule has 0 spiro atoms. The number of nitrogens with one attached hydrogen (secondary N) is 2. The highest BCUT2D eigenvalue weighted by Gasteiger charge is 2.17. The molecule has 0 aliphatic carbocycles. The molecule has 0 unspecified atom stereocenters. The Labute approximate surface area is 194 Å². The van der Waals surface area contributed by atoms with E-state index in [-0.39, 0.29) is 11.8 Å². The summed E-state index contributed by atoms with van der Waals surface area (Å²) >= 11 is 0. The van der Waals surface area contributed by atoms with E-state index in [1.54, 1.807) is 36.4 Å². The fourth-order valence-electron chi connectivity index (χ4n) is 3.30. The van der Waals surface area contributed by atoms with Gasteiger partial charge in [0.1, 0.15) is 11.5 Å². The molecule has 0 aliphatic heterocycles. The van der Waals surface area contributed by atoms with E-state index in [1.165, 1.54) is 5.56 Å². The van der Waals surface area contributed by atoms with Crippen molar-refractivity contribution in [2.75, 3.05) is 23.8 Å². The van der Waals surface area contributed by atoms with E-state index in [0.29, 0.717) is 53.1 Å². The van der Waals surface area contributed by atoms with Crippen LogP contribution in [0.5, 0.6) is 11.5 Å². The molecule has 2 amide bonds. The monoisotopic (exact) mass is 446 g/mol. The van der Waals surface area contributed by atoms with E-state index in [2.05, 4.69) is 24.5 Å². The second-order valence-corrected chi connectivity index (χ2v) is 7.76. The number of ether oxygens (including phenoxy) is 2. The molecule has 0 fully saturated rings. The highest BCUT2D eigenvalue weighted by atomic mass is 16.5. The van der Waals surface area contributed by atoms with Crippen molar-refractivity contribution in [2.24, 2.45) is 0 Å². The molecule has 172 valence electrons. The van der Waals surface area contributed by atoms with E-state index in [1.807, 2.05) is 44.2 Å². The molecule has 0 bridgehead atoms. The summed E-state index contributed by atoms with van der Waals surface area (Å²) < 4.78 is 11.5. The van der Waals surface area contributed by atoms with Crippen molar-refractivity contribution >= 4 is 23.2 Å². The van der Waals surface area contributed by atoms with Gasteiger partial charge in [-0.05, 0) is 49.6 Å². The van der Waals surface area contributed by atoms with E-state index in [9.17, 15) is 9.59 Å². The number of carbonyl (C=O) groups is 2. The van der Waals surface area contributed by atoms with Crippen molar-refractivity contribution < 1.29 is 19.1 Å². The van der Waals surface area contributed by atoms with Crippen LogP contribution in [0.1, 0.15) is 59.9 Å². The smallest absolute Gasteiger partial charge is 0.255 e. The number of amides is 2. The van der Waals surface area contributed by atoms with E-state index in [0.717, 1.165) is 0 Å². The summed E-state index contributed by atoms with van der Waals surface area (Å²) in [6.45, 7) is 8.72. The zero-order chi connectivity index (χ0) is 23.8. The van der Waals surface area contributed by atoms with Gasteiger partial charge in [0.2, 0.25) is 0 Å². The average molecular weight is 447 g/mol. The van der Waals surface area contributed by atoms with Gasteiger partial charge in [0.05, 0.1) is 24.6 Å². The van der Waals surface area contributed by atoms with Crippen LogP contribution >= 0.6 is 0 Å². The minimum Gasteiger partial charge on any atom is -0.492 e. The van der Waals surface area contributed by atoms with Crippen LogP contribution in [-0.2, 0) is 0 Å². The first-order valence-electron chi connectivity index (χ1n) is 11.1. The molecule has 0 aromatic heterocycles. The van der Waals surface area contributed by atoms with Gasteiger partial charge in [-0.25, -0.2) is 0 Å². The number of anilines is 2. The lowest BCUT2D eigenvalue weighted by Gasteiger charge is -2.18. The minimum absolute atomic E-state index is 0.255. The average Bonchev–Trinajstić information content (AvgIpc) is 2.82. The Balaban J connectivity index is 1.89. The Bertz CT molecular complexity index is 1090. The third-order valence-corrected chi connectivity index (χ3v) is 5.05. The van der Waals surface area contributed by atoms with Crippen LogP contribution in [0.25, 0.3) is 0 Å². The number of rotatable bonds is 9. The molecular weight excluding hydrogens is 416 g/mol. The van der Waals surface area contributed by atoms with Gasteiger partial charge in [-0.1, -0.05) is 44.2 Å². The van der Waals surface area contributed by atoms with Gasteiger partial charge < -0.3 is 20.1 Å². The molecule has 2 N–H and O–H groups in total. The van der Waals surface area contributed by atoms with Crippen LogP contribution in [0.4, 0.5) is 11.4 Å². The van der Waals surface area contributed by atoms with Crippen LogP contribution in [0.3, 0.4) is 0 Å². The van der Waals surface area contributed by atoms with Crippen LogP contribution < -0.4 is 20.1 Å². The van der Waals surface area contributed by atoms with E-state index >= 15 is 0 Å². The highest BCUT2D eigenvalue weighted by molar-refractivity contribution is 6.07. The van der Waals surface area contributed by atoms with Crippen LogP contribution in [0.15, 0.2) is 66.7 Å². The molecular formula is C27H30N2O4. The quantitative estimate of drug-likeness (QED) is 0.416. The van der Waals surface area contributed by atoms with Gasteiger partial charge in [-0.3, -0.25) is 9.59 Å². The van der Waals surface area contributed by atoms with Gasteiger partial charge in [0.25, 0.3) is 11.8 Å². The molecule has 0 aliphatic rings. The molecule has 0 saturated carbocycles. The predicted octanol–water partition coefficient (Wildman–Crippen LogP) is 6.11. The van der Waals surface area contributed by atoms with Crippen molar-refractivity contribution in [2.45, 2.75) is 33.6 Å². The molecule has 3 rings (SSSR count). The summed E-state index contributed by atoms with van der Waals surface area (Å²) in [5.74, 6) is 0.752. The summed E-state index contributed by atoms with van der Waals surface area (Å²) in [6, 6.07) is 19.8. The summed E-state index contributed by atoms with van der Waals surface area (Å²) in [4.78, 5) is 25.6.